The number of hydrogen-bond acceptors (Lipinski definition) is 4. The van der Waals surface area contributed by atoms with Crippen LogP contribution in [0.1, 0.15) is 54.4 Å². The Bertz CT molecular complexity index is 257. The highest BCUT2D eigenvalue weighted by Crippen LogP contribution is 2.15. The number of ether oxygens (including phenoxy) is 1. The first-order chi connectivity index (χ1) is 8.89. The number of nitrogens with one attached hydrogen (secondary N) is 1. The highest BCUT2D eigenvalue weighted by molar-refractivity contribution is 5.80. The van der Waals surface area contributed by atoms with Crippen molar-refractivity contribution in [3.8, 4) is 0 Å². The SMILES string of the molecule is CCCN(CC)CCC(C)(NC(C)C)C(=O)OCC. The number of rotatable bonds is 10. The van der Waals surface area contributed by atoms with Crippen LogP contribution in [0.15, 0.2) is 0 Å². The van der Waals surface area contributed by atoms with E-state index in [1.54, 1.807) is 0 Å². The average Bonchev–Trinajstić information content (AvgIpc) is 2.33. The molecule has 114 valence electrons. The van der Waals surface area contributed by atoms with Crippen LogP contribution in [-0.2, 0) is 9.53 Å². The van der Waals surface area contributed by atoms with E-state index in [-0.39, 0.29) is 12.0 Å². The van der Waals surface area contributed by atoms with Gasteiger partial charge in [-0.25, -0.2) is 0 Å². The Morgan fingerprint density at radius 3 is 2.32 bits per heavy atom. The molecular weight excluding hydrogens is 240 g/mol. The lowest BCUT2D eigenvalue weighted by Crippen LogP contribution is -2.54. The van der Waals surface area contributed by atoms with Crippen LogP contribution in [0, 0.1) is 0 Å². The molecule has 1 atom stereocenters. The minimum atomic E-state index is -0.592. The molecule has 0 aliphatic carbocycles. The van der Waals surface area contributed by atoms with Crippen molar-refractivity contribution in [3.63, 3.8) is 0 Å². The second-order valence-corrected chi connectivity index (χ2v) is 5.54. The largest absolute Gasteiger partial charge is 0.465 e. The van der Waals surface area contributed by atoms with Gasteiger partial charge in [0.25, 0.3) is 0 Å². The molecule has 19 heavy (non-hydrogen) atoms. The van der Waals surface area contributed by atoms with Crippen LogP contribution in [0.4, 0.5) is 0 Å². The molecule has 4 nitrogen and oxygen atoms in total. The van der Waals surface area contributed by atoms with Gasteiger partial charge < -0.3 is 9.64 Å². The van der Waals surface area contributed by atoms with Gasteiger partial charge in [0, 0.05) is 12.6 Å². The lowest BCUT2D eigenvalue weighted by molar-refractivity contribution is -0.151. The van der Waals surface area contributed by atoms with Crippen molar-refractivity contribution in [2.24, 2.45) is 0 Å². The Balaban J connectivity index is 4.61. The van der Waals surface area contributed by atoms with Gasteiger partial charge in [-0.2, -0.15) is 0 Å². The number of carbonyl (C=O) groups is 1. The molecule has 0 bridgehead atoms. The smallest absolute Gasteiger partial charge is 0.326 e. The summed E-state index contributed by atoms with van der Waals surface area (Å²) in [5.41, 5.74) is -0.592. The normalized spacial score (nSPS) is 14.7. The van der Waals surface area contributed by atoms with Crippen molar-refractivity contribution in [1.29, 1.82) is 0 Å². The maximum absolute atomic E-state index is 12.2. The van der Waals surface area contributed by atoms with Gasteiger partial charge in [-0.1, -0.05) is 13.8 Å². The van der Waals surface area contributed by atoms with Crippen LogP contribution < -0.4 is 5.32 Å². The second-order valence-electron chi connectivity index (χ2n) is 5.54. The summed E-state index contributed by atoms with van der Waals surface area (Å²) in [5.74, 6) is -0.142. The van der Waals surface area contributed by atoms with E-state index in [0.717, 1.165) is 32.5 Å². The lowest BCUT2D eigenvalue weighted by atomic mass is 9.96. The molecule has 0 spiro atoms. The van der Waals surface area contributed by atoms with Gasteiger partial charge in [0.2, 0.25) is 0 Å². The van der Waals surface area contributed by atoms with Crippen LogP contribution in [0.3, 0.4) is 0 Å². The van der Waals surface area contributed by atoms with Crippen LogP contribution in [0.25, 0.3) is 0 Å². The van der Waals surface area contributed by atoms with Gasteiger partial charge in [0.15, 0.2) is 0 Å². The molecule has 1 unspecified atom stereocenters. The molecule has 0 aromatic rings. The summed E-state index contributed by atoms with van der Waals surface area (Å²) in [6.07, 6.45) is 1.92. The van der Waals surface area contributed by atoms with Crippen molar-refractivity contribution >= 4 is 5.97 Å². The highest BCUT2D eigenvalue weighted by Gasteiger charge is 2.35. The molecule has 0 fully saturated rings. The summed E-state index contributed by atoms with van der Waals surface area (Å²) < 4.78 is 5.21. The summed E-state index contributed by atoms with van der Waals surface area (Å²) >= 11 is 0. The number of nitrogens with zero attached hydrogens (tertiary/aromatic N) is 1. The molecule has 0 aromatic carbocycles. The maximum Gasteiger partial charge on any atom is 0.326 e. The molecule has 4 heteroatoms. The number of hydrogen-bond donors (Lipinski definition) is 1. The van der Waals surface area contributed by atoms with Crippen LogP contribution in [0.2, 0.25) is 0 Å². The van der Waals surface area contributed by atoms with E-state index in [9.17, 15) is 4.79 Å². The van der Waals surface area contributed by atoms with Gasteiger partial charge in [-0.05, 0) is 53.6 Å². The van der Waals surface area contributed by atoms with Gasteiger partial charge in [0.1, 0.15) is 5.54 Å². The Hall–Kier alpha value is -0.610. The fraction of sp³-hybridized carbons (Fsp3) is 0.933. The van der Waals surface area contributed by atoms with Gasteiger partial charge in [0.05, 0.1) is 6.61 Å². The molecule has 0 amide bonds. The molecule has 0 saturated carbocycles. The van der Waals surface area contributed by atoms with E-state index in [4.69, 9.17) is 4.74 Å². The number of esters is 1. The van der Waals surface area contributed by atoms with Gasteiger partial charge >= 0.3 is 5.97 Å². The van der Waals surface area contributed by atoms with Crippen molar-refractivity contribution in [2.45, 2.75) is 66.0 Å². The standard InChI is InChI=1S/C15H32N2O2/c1-7-11-17(8-2)12-10-15(6,16-13(4)5)14(18)19-9-3/h13,16H,7-12H2,1-6H3. The van der Waals surface area contributed by atoms with E-state index in [1.807, 2.05) is 13.8 Å². The zero-order chi connectivity index (χ0) is 14.9. The van der Waals surface area contributed by atoms with Gasteiger partial charge in [-0.15, -0.1) is 0 Å². The Morgan fingerprint density at radius 1 is 1.26 bits per heavy atom. The fourth-order valence-electron chi connectivity index (χ4n) is 2.29. The lowest BCUT2D eigenvalue weighted by Gasteiger charge is -2.32. The zero-order valence-corrected chi connectivity index (χ0v) is 13.6. The van der Waals surface area contributed by atoms with Crippen LogP contribution >= 0.6 is 0 Å². The second kappa shape index (κ2) is 9.32. The monoisotopic (exact) mass is 272 g/mol. The predicted octanol–water partition coefficient (Wildman–Crippen LogP) is 2.43. The summed E-state index contributed by atoms with van der Waals surface area (Å²) in [4.78, 5) is 14.5. The molecule has 0 saturated heterocycles. The van der Waals surface area contributed by atoms with Gasteiger partial charge in [-0.3, -0.25) is 10.1 Å². The maximum atomic E-state index is 12.2. The molecular formula is C15H32N2O2. The zero-order valence-electron chi connectivity index (χ0n) is 13.6. The van der Waals surface area contributed by atoms with Crippen molar-refractivity contribution < 1.29 is 9.53 Å². The van der Waals surface area contributed by atoms with Crippen molar-refractivity contribution in [1.82, 2.24) is 10.2 Å². The molecule has 0 heterocycles. The van der Waals surface area contributed by atoms with Crippen LogP contribution in [0.5, 0.6) is 0 Å². The number of carbonyl (C=O) groups excluding carboxylic acids is 1. The molecule has 0 rings (SSSR count). The molecule has 0 aliphatic heterocycles. The molecule has 1 N–H and O–H groups in total. The van der Waals surface area contributed by atoms with E-state index < -0.39 is 5.54 Å². The first-order valence-electron chi connectivity index (χ1n) is 7.56. The average molecular weight is 272 g/mol. The van der Waals surface area contributed by atoms with E-state index in [0.29, 0.717) is 6.61 Å². The predicted molar refractivity (Wildman–Crippen MR) is 80.3 cm³/mol. The van der Waals surface area contributed by atoms with Crippen molar-refractivity contribution in [3.05, 3.63) is 0 Å². The Morgan fingerprint density at radius 2 is 1.89 bits per heavy atom. The Labute approximate surface area is 118 Å². The highest BCUT2D eigenvalue weighted by atomic mass is 16.5. The molecule has 0 aliphatic rings. The topological polar surface area (TPSA) is 41.6 Å². The summed E-state index contributed by atoms with van der Waals surface area (Å²) in [5, 5.41) is 3.36. The molecule has 0 aromatic heterocycles. The van der Waals surface area contributed by atoms with E-state index in [1.165, 1.54) is 0 Å². The van der Waals surface area contributed by atoms with E-state index >= 15 is 0 Å². The van der Waals surface area contributed by atoms with Crippen molar-refractivity contribution in [2.75, 3.05) is 26.2 Å². The first kappa shape index (κ1) is 18.4. The van der Waals surface area contributed by atoms with E-state index in [2.05, 4.69) is 37.9 Å². The summed E-state index contributed by atoms with van der Waals surface area (Å²) in [6.45, 7) is 15.7. The summed E-state index contributed by atoms with van der Waals surface area (Å²) in [7, 11) is 0. The first-order valence-corrected chi connectivity index (χ1v) is 7.56. The third-order valence-electron chi connectivity index (χ3n) is 3.25. The molecule has 0 radical (unpaired) electrons. The Kier molecular flexibility index (Phi) is 9.02. The van der Waals surface area contributed by atoms with Crippen LogP contribution in [-0.4, -0.2) is 48.7 Å². The third-order valence-corrected chi connectivity index (χ3v) is 3.25. The summed E-state index contributed by atoms with van der Waals surface area (Å²) in [6, 6.07) is 0.260. The third kappa shape index (κ3) is 6.92. The fourth-order valence-corrected chi connectivity index (χ4v) is 2.29. The minimum Gasteiger partial charge on any atom is -0.465 e. The quantitative estimate of drug-likeness (QED) is 0.620. The minimum absolute atomic E-state index is 0.142.